The van der Waals surface area contributed by atoms with E-state index >= 15 is 0 Å². The van der Waals surface area contributed by atoms with Gasteiger partial charge in [0.2, 0.25) is 0 Å². The Bertz CT molecular complexity index is 602. The standard InChI is InChI=1S/C18H26N4O2/c1-20-17-6-7-21(13-15(17)19-18(20)23)12-14-4-2-3-5-16(14)22-8-10-24-11-9-22/h2-5,15,17H,6-13H2,1H3,(H,19,23)/t15-,17+/m1/s1. The number of likely N-dealkylation sites (N-methyl/N-ethyl adjacent to an activating group) is 1. The van der Waals surface area contributed by atoms with E-state index < -0.39 is 0 Å². The lowest BCUT2D eigenvalue weighted by Crippen LogP contribution is -2.50. The summed E-state index contributed by atoms with van der Waals surface area (Å²) in [7, 11) is 1.91. The molecule has 0 radical (unpaired) electrons. The number of para-hydroxylation sites is 1. The highest BCUT2D eigenvalue weighted by Gasteiger charge is 2.40. The molecule has 3 aliphatic rings. The number of ether oxygens (including phenoxy) is 1. The van der Waals surface area contributed by atoms with E-state index in [1.807, 2.05) is 11.9 Å². The summed E-state index contributed by atoms with van der Waals surface area (Å²) in [4.78, 5) is 18.6. The highest BCUT2D eigenvalue weighted by atomic mass is 16.5. The Morgan fingerprint density at radius 2 is 2.00 bits per heavy atom. The van der Waals surface area contributed by atoms with Crippen LogP contribution in [0, 0.1) is 0 Å². The second-order valence-corrected chi connectivity index (χ2v) is 6.99. The number of carbonyl (C=O) groups excluding carboxylic acids is 1. The number of likely N-dealkylation sites (tertiary alicyclic amines) is 1. The van der Waals surface area contributed by atoms with Crippen LogP contribution in [0.4, 0.5) is 10.5 Å². The lowest BCUT2D eigenvalue weighted by Gasteiger charge is -2.37. The largest absolute Gasteiger partial charge is 0.378 e. The van der Waals surface area contributed by atoms with Crippen LogP contribution in [0.2, 0.25) is 0 Å². The molecule has 0 aliphatic carbocycles. The number of nitrogens with one attached hydrogen (secondary N) is 1. The normalized spacial score (nSPS) is 28.0. The number of morpholine rings is 1. The van der Waals surface area contributed by atoms with E-state index in [9.17, 15) is 4.79 Å². The summed E-state index contributed by atoms with van der Waals surface area (Å²) in [6.45, 7) is 6.44. The number of rotatable bonds is 3. The van der Waals surface area contributed by atoms with Crippen LogP contribution >= 0.6 is 0 Å². The molecule has 6 nitrogen and oxygen atoms in total. The Morgan fingerprint density at radius 3 is 2.83 bits per heavy atom. The summed E-state index contributed by atoms with van der Waals surface area (Å²) < 4.78 is 5.48. The Labute approximate surface area is 143 Å². The van der Waals surface area contributed by atoms with Crippen molar-refractivity contribution in [2.45, 2.75) is 25.0 Å². The summed E-state index contributed by atoms with van der Waals surface area (Å²) in [5.74, 6) is 0. The van der Waals surface area contributed by atoms with Crippen LogP contribution in [0.25, 0.3) is 0 Å². The predicted molar refractivity (Wildman–Crippen MR) is 93.2 cm³/mol. The number of piperidine rings is 1. The molecule has 0 aromatic heterocycles. The molecule has 24 heavy (non-hydrogen) atoms. The zero-order valence-electron chi connectivity index (χ0n) is 14.3. The van der Waals surface area contributed by atoms with E-state index in [4.69, 9.17) is 4.74 Å². The SMILES string of the molecule is CN1C(=O)N[C@@H]2CN(Cc3ccccc3N3CCOCC3)CC[C@@H]21. The van der Waals surface area contributed by atoms with Crippen LogP contribution < -0.4 is 10.2 Å². The molecule has 4 rings (SSSR count). The Morgan fingerprint density at radius 1 is 1.21 bits per heavy atom. The van der Waals surface area contributed by atoms with Crippen molar-refractivity contribution >= 4 is 11.7 Å². The maximum Gasteiger partial charge on any atom is 0.317 e. The maximum absolute atomic E-state index is 11.8. The number of carbonyl (C=O) groups is 1. The molecule has 0 unspecified atom stereocenters. The summed E-state index contributed by atoms with van der Waals surface area (Å²) in [6, 6.07) is 9.37. The number of nitrogens with zero attached hydrogens (tertiary/aromatic N) is 3. The van der Waals surface area contributed by atoms with E-state index in [0.29, 0.717) is 6.04 Å². The predicted octanol–water partition coefficient (Wildman–Crippen LogP) is 1.12. The van der Waals surface area contributed by atoms with Gasteiger partial charge in [0.15, 0.2) is 0 Å². The maximum atomic E-state index is 11.8. The van der Waals surface area contributed by atoms with Crippen LogP contribution in [0.1, 0.15) is 12.0 Å². The van der Waals surface area contributed by atoms with Gasteiger partial charge in [0.25, 0.3) is 0 Å². The van der Waals surface area contributed by atoms with Crippen molar-refractivity contribution < 1.29 is 9.53 Å². The van der Waals surface area contributed by atoms with Gasteiger partial charge in [-0.05, 0) is 18.1 Å². The minimum absolute atomic E-state index is 0.0700. The number of fused-ring (bicyclic) bond motifs is 1. The third kappa shape index (κ3) is 2.96. The smallest absolute Gasteiger partial charge is 0.317 e. The third-order valence-corrected chi connectivity index (χ3v) is 5.52. The third-order valence-electron chi connectivity index (χ3n) is 5.52. The first kappa shape index (κ1) is 15.7. The monoisotopic (exact) mass is 330 g/mol. The summed E-state index contributed by atoms with van der Waals surface area (Å²) in [6.07, 6.45) is 1.04. The van der Waals surface area contributed by atoms with Crippen molar-refractivity contribution in [2.75, 3.05) is 51.3 Å². The topological polar surface area (TPSA) is 48.1 Å². The van der Waals surface area contributed by atoms with E-state index in [1.165, 1.54) is 11.3 Å². The van der Waals surface area contributed by atoms with Crippen LogP contribution in [0.3, 0.4) is 0 Å². The van der Waals surface area contributed by atoms with Crippen LogP contribution in [0.5, 0.6) is 0 Å². The van der Waals surface area contributed by atoms with Gasteiger partial charge in [-0.2, -0.15) is 0 Å². The second-order valence-electron chi connectivity index (χ2n) is 6.99. The second kappa shape index (κ2) is 6.61. The number of urea groups is 1. The van der Waals surface area contributed by atoms with Crippen molar-refractivity contribution in [1.29, 1.82) is 0 Å². The van der Waals surface area contributed by atoms with Gasteiger partial charge in [-0.3, -0.25) is 4.90 Å². The molecule has 3 heterocycles. The van der Waals surface area contributed by atoms with Gasteiger partial charge in [-0.1, -0.05) is 18.2 Å². The highest BCUT2D eigenvalue weighted by molar-refractivity contribution is 5.77. The van der Waals surface area contributed by atoms with Gasteiger partial charge in [0.1, 0.15) is 0 Å². The fraction of sp³-hybridized carbons (Fsp3) is 0.611. The van der Waals surface area contributed by atoms with Crippen molar-refractivity contribution in [2.24, 2.45) is 0 Å². The summed E-state index contributed by atoms with van der Waals surface area (Å²) >= 11 is 0. The van der Waals surface area contributed by atoms with Gasteiger partial charge in [-0.25, -0.2) is 4.79 Å². The number of hydrogen-bond donors (Lipinski definition) is 1. The molecule has 0 bridgehead atoms. The first-order chi connectivity index (χ1) is 11.7. The number of anilines is 1. The Kier molecular flexibility index (Phi) is 4.33. The number of amides is 2. The van der Waals surface area contributed by atoms with Crippen LogP contribution in [-0.4, -0.2) is 74.4 Å². The number of hydrogen-bond acceptors (Lipinski definition) is 4. The Hall–Kier alpha value is -1.79. The molecule has 1 N–H and O–H groups in total. The molecule has 1 aromatic carbocycles. The minimum atomic E-state index is 0.0700. The van der Waals surface area contributed by atoms with Gasteiger partial charge >= 0.3 is 6.03 Å². The molecule has 2 amide bonds. The van der Waals surface area contributed by atoms with E-state index in [0.717, 1.165) is 52.4 Å². The molecule has 3 saturated heterocycles. The first-order valence-corrected chi connectivity index (χ1v) is 8.88. The van der Waals surface area contributed by atoms with Crippen LogP contribution in [0.15, 0.2) is 24.3 Å². The zero-order valence-corrected chi connectivity index (χ0v) is 14.3. The first-order valence-electron chi connectivity index (χ1n) is 8.88. The highest BCUT2D eigenvalue weighted by Crippen LogP contribution is 2.26. The lowest BCUT2D eigenvalue weighted by molar-refractivity contribution is 0.122. The average molecular weight is 330 g/mol. The summed E-state index contributed by atoms with van der Waals surface area (Å²) in [5.41, 5.74) is 2.70. The molecule has 2 atom stereocenters. The van der Waals surface area contributed by atoms with Crippen molar-refractivity contribution in [3.8, 4) is 0 Å². The van der Waals surface area contributed by atoms with E-state index in [1.54, 1.807) is 0 Å². The van der Waals surface area contributed by atoms with E-state index in [2.05, 4.69) is 39.4 Å². The zero-order chi connectivity index (χ0) is 16.5. The van der Waals surface area contributed by atoms with Crippen LogP contribution in [-0.2, 0) is 11.3 Å². The fourth-order valence-corrected chi connectivity index (χ4v) is 4.17. The minimum Gasteiger partial charge on any atom is -0.378 e. The molecular weight excluding hydrogens is 304 g/mol. The van der Waals surface area contributed by atoms with Gasteiger partial charge in [0, 0.05) is 45.5 Å². The molecular formula is C18H26N4O2. The van der Waals surface area contributed by atoms with Gasteiger partial charge in [-0.15, -0.1) is 0 Å². The van der Waals surface area contributed by atoms with E-state index in [-0.39, 0.29) is 12.1 Å². The molecule has 0 spiro atoms. The van der Waals surface area contributed by atoms with Gasteiger partial charge in [0.05, 0.1) is 25.3 Å². The molecule has 130 valence electrons. The molecule has 1 aromatic rings. The lowest BCUT2D eigenvalue weighted by atomic mass is 9.99. The van der Waals surface area contributed by atoms with Crippen molar-refractivity contribution in [3.05, 3.63) is 29.8 Å². The Balaban J connectivity index is 1.45. The molecule has 6 heteroatoms. The van der Waals surface area contributed by atoms with Crippen molar-refractivity contribution in [3.63, 3.8) is 0 Å². The summed E-state index contributed by atoms with van der Waals surface area (Å²) in [5, 5.41) is 3.12. The quantitative estimate of drug-likeness (QED) is 0.902. The average Bonchev–Trinajstić information content (AvgIpc) is 2.90. The number of benzene rings is 1. The van der Waals surface area contributed by atoms with Gasteiger partial charge < -0.3 is 19.9 Å². The molecule has 0 saturated carbocycles. The molecule has 3 aliphatic heterocycles. The fourth-order valence-electron chi connectivity index (χ4n) is 4.17. The molecule has 3 fully saturated rings. The van der Waals surface area contributed by atoms with Crippen molar-refractivity contribution in [1.82, 2.24) is 15.1 Å².